The van der Waals surface area contributed by atoms with Gasteiger partial charge in [-0.15, -0.1) is 0 Å². The quantitative estimate of drug-likeness (QED) is 0.873. The van der Waals surface area contributed by atoms with Crippen LogP contribution >= 0.6 is 0 Å². The van der Waals surface area contributed by atoms with Crippen molar-refractivity contribution in [3.8, 4) is 0 Å². The Morgan fingerprint density at radius 3 is 2.87 bits per heavy atom. The number of hydrogen-bond acceptors (Lipinski definition) is 3. The largest absolute Gasteiger partial charge is 0.334 e. The van der Waals surface area contributed by atoms with Gasteiger partial charge in [-0.3, -0.25) is 9.20 Å². The van der Waals surface area contributed by atoms with Crippen LogP contribution in [0.3, 0.4) is 0 Å². The third-order valence-electron chi connectivity index (χ3n) is 5.42. The van der Waals surface area contributed by atoms with E-state index < -0.39 is 0 Å². The molecule has 2 aliphatic rings. The molecule has 0 unspecified atom stereocenters. The molecule has 1 atom stereocenters. The molecule has 2 aromatic heterocycles. The third kappa shape index (κ3) is 2.96. The van der Waals surface area contributed by atoms with Crippen molar-refractivity contribution >= 4 is 11.7 Å². The van der Waals surface area contributed by atoms with E-state index in [-0.39, 0.29) is 5.91 Å². The highest BCUT2D eigenvalue weighted by Gasteiger charge is 2.32. The van der Waals surface area contributed by atoms with Crippen LogP contribution in [0, 0.1) is 5.92 Å². The smallest absolute Gasteiger partial charge is 0.274 e. The molecule has 2 aromatic rings. The van der Waals surface area contributed by atoms with Gasteiger partial charge < -0.3 is 4.90 Å². The van der Waals surface area contributed by atoms with Crippen LogP contribution in [0.25, 0.3) is 5.78 Å². The van der Waals surface area contributed by atoms with E-state index in [2.05, 4.69) is 14.9 Å². The number of amides is 1. The summed E-state index contributed by atoms with van der Waals surface area (Å²) in [6, 6.07) is 2.26. The van der Waals surface area contributed by atoms with Gasteiger partial charge in [-0.1, -0.05) is 32.1 Å². The SMILES string of the molecule is O=C(c1cn2cccnc2n1)N1CCC[C@@H]1CC1CCCCC1. The van der Waals surface area contributed by atoms with Crippen LogP contribution in [-0.4, -0.2) is 37.8 Å². The van der Waals surface area contributed by atoms with E-state index in [1.165, 1.54) is 38.5 Å². The summed E-state index contributed by atoms with van der Waals surface area (Å²) in [6.07, 6.45) is 15.6. The fourth-order valence-electron chi connectivity index (χ4n) is 4.24. The topological polar surface area (TPSA) is 50.5 Å². The molecule has 0 N–H and O–H groups in total. The van der Waals surface area contributed by atoms with E-state index in [1.807, 2.05) is 16.7 Å². The highest BCUT2D eigenvalue weighted by molar-refractivity contribution is 5.93. The Labute approximate surface area is 136 Å². The Bertz CT molecular complexity index is 656. The molecule has 1 amide bonds. The third-order valence-corrected chi connectivity index (χ3v) is 5.42. The Morgan fingerprint density at radius 2 is 2.04 bits per heavy atom. The molecule has 0 radical (unpaired) electrons. The van der Waals surface area contributed by atoms with Gasteiger partial charge in [0.15, 0.2) is 0 Å². The van der Waals surface area contributed by atoms with Crippen molar-refractivity contribution in [3.63, 3.8) is 0 Å². The fourth-order valence-corrected chi connectivity index (χ4v) is 4.24. The van der Waals surface area contributed by atoms with Gasteiger partial charge in [0.1, 0.15) is 5.69 Å². The summed E-state index contributed by atoms with van der Waals surface area (Å²) < 4.78 is 1.82. The second kappa shape index (κ2) is 6.30. The molecule has 5 nitrogen and oxygen atoms in total. The van der Waals surface area contributed by atoms with Gasteiger partial charge in [0.25, 0.3) is 5.91 Å². The first-order valence-electron chi connectivity index (χ1n) is 8.92. The lowest BCUT2D eigenvalue weighted by Gasteiger charge is -2.29. The molecule has 5 heteroatoms. The number of imidazole rings is 1. The molecule has 0 bridgehead atoms. The average molecular weight is 312 g/mol. The zero-order valence-corrected chi connectivity index (χ0v) is 13.5. The van der Waals surface area contributed by atoms with E-state index in [9.17, 15) is 4.79 Å². The normalized spacial score (nSPS) is 22.8. The molecule has 3 heterocycles. The van der Waals surface area contributed by atoms with Gasteiger partial charge >= 0.3 is 0 Å². The number of hydrogen-bond donors (Lipinski definition) is 0. The molecular formula is C18H24N4O. The van der Waals surface area contributed by atoms with E-state index >= 15 is 0 Å². The molecule has 0 spiro atoms. The molecule has 1 aliphatic carbocycles. The number of carbonyl (C=O) groups excluding carboxylic acids is 1. The molecule has 2 fully saturated rings. The van der Waals surface area contributed by atoms with Crippen LogP contribution in [0.15, 0.2) is 24.7 Å². The number of aromatic nitrogens is 3. The minimum atomic E-state index is 0.0776. The molecule has 122 valence electrons. The second-order valence-electron chi connectivity index (χ2n) is 6.99. The van der Waals surface area contributed by atoms with Crippen molar-refractivity contribution in [3.05, 3.63) is 30.4 Å². The van der Waals surface area contributed by atoms with Crippen molar-refractivity contribution < 1.29 is 4.79 Å². The van der Waals surface area contributed by atoms with E-state index in [0.29, 0.717) is 17.5 Å². The summed E-state index contributed by atoms with van der Waals surface area (Å²) >= 11 is 0. The average Bonchev–Trinajstić information content (AvgIpc) is 3.21. The summed E-state index contributed by atoms with van der Waals surface area (Å²) in [6.45, 7) is 0.873. The zero-order chi connectivity index (χ0) is 15.6. The van der Waals surface area contributed by atoms with Crippen molar-refractivity contribution in [1.82, 2.24) is 19.3 Å². The molecule has 1 saturated carbocycles. The first-order chi connectivity index (χ1) is 11.3. The van der Waals surface area contributed by atoms with Crippen LogP contribution in [0.2, 0.25) is 0 Å². The summed E-state index contributed by atoms with van der Waals surface area (Å²) in [4.78, 5) is 23.6. The maximum Gasteiger partial charge on any atom is 0.274 e. The van der Waals surface area contributed by atoms with Gasteiger partial charge in [-0.2, -0.15) is 0 Å². The first kappa shape index (κ1) is 14.7. The number of likely N-dealkylation sites (tertiary alicyclic amines) is 1. The summed E-state index contributed by atoms with van der Waals surface area (Å²) in [5.74, 6) is 1.48. The van der Waals surface area contributed by atoms with Crippen molar-refractivity contribution in [2.45, 2.75) is 57.4 Å². The Balaban J connectivity index is 1.49. The van der Waals surface area contributed by atoms with Crippen LogP contribution in [0.1, 0.15) is 61.9 Å². The van der Waals surface area contributed by atoms with Crippen LogP contribution < -0.4 is 0 Å². The molecule has 4 rings (SSSR count). The van der Waals surface area contributed by atoms with Crippen LogP contribution in [0.4, 0.5) is 0 Å². The number of carbonyl (C=O) groups is 1. The van der Waals surface area contributed by atoms with Crippen molar-refractivity contribution in [2.24, 2.45) is 5.92 Å². The van der Waals surface area contributed by atoms with Crippen LogP contribution in [0.5, 0.6) is 0 Å². The standard InChI is InChI=1S/C18H24N4O/c23-17(16-13-21-10-5-9-19-18(21)20-16)22-11-4-8-15(22)12-14-6-2-1-3-7-14/h5,9-10,13-15H,1-4,6-8,11-12H2/t15-/m1/s1. The van der Waals surface area contributed by atoms with Gasteiger partial charge in [0.05, 0.1) is 0 Å². The fraction of sp³-hybridized carbons (Fsp3) is 0.611. The molecule has 1 aliphatic heterocycles. The highest BCUT2D eigenvalue weighted by Crippen LogP contribution is 2.32. The van der Waals surface area contributed by atoms with Gasteiger partial charge in [-0.05, 0) is 31.2 Å². The van der Waals surface area contributed by atoms with Gasteiger partial charge in [-0.25, -0.2) is 9.97 Å². The lowest BCUT2D eigenvalue weighted by molar-refractivity contribution is 0.0706. The van der Waals surface area contributed by atoms with Crippen molar-refractivity contribution in [2.75, 3.05) is 6.54 Å². The Hall–Kier alpha value is -1.91. The maximum absolute atomic E-state index is 12.9. The lowest BCUT2D eigenvalue weighted by Crippen LogP contribution is -2.37. The molecule has 1 saturated heterocycles. The Morgan fingerprint density at radius 1 is 1.17 bits per heavy atom. The lowest BCUT2D eigenvalue weighted by atomic mass is 9.84. The second-order valence-corrected chi connectivity index (χ2v) is 6.99. The minimum absolute atomic E-state index is 0.0776. The zero-order valence-electron chi connectivity index (χ0n) is 13.5. The van der Waals surface area contributed by atoms with E-state index in [0.717, 1.165) is 25.3 Å². The monoisotopic (exact) mass is 312 g/mol. The molecule has 23 heavy (non-hydrogen) atoms. The number of nitrogens with zero attached hydrogens (tertiary/aromatic N) is 4. The van der Waals surface area contributed by atoms with E-state index in [4.69, 9.17) is 0 Å². The maximum atomic E-state index is 12.9. The predicted octanol–water partition coefficient (Wildman–Crippen LogP) is 3.30. The van der Waals surface area contributed by atoms with Crippen molar-refractivity contribution in [1.29, 1.82) is 0 Å². The number of rotatable bonds is 3. The molecule has 0 aromatic carbocycles. The van der Waals surface area contributed by atoms with E-state index in [1.54, 1.807) is 12.4 Å². The minimum Gasteiger partial charge on any atom is -0.334 e. The summed E-state index contributed by atoms with van der Waals surface area (Å²) in [5, 5.41) is 0. The molecular weight excluding hydrogens is 288 g/mol. The van der Waals surface area contributed by atoms with Gasteiger partial charge in [0, 0.05) is 31.2 Å². The number of fused-ring (bicyclic) bond motifs is 1. The van der Waals surface area contributed by atoms with Gasteiger partial charge in [0.2, 0.25) is 5.78 Å². The Kier molecular flexibility index (Phi) is 4.02. The first-order valence-corrected chi connectivity index (χ1v) is 8.92. The highest BCUT2D eigenvalue weighted by atomic mass is 16.2. The van der Waals surface area contributed by atoms with Crippen LogP contribution in [-0.2, 0) is 0 Å². The summed E-state index contributed by atoms with van der Waals surface area (Å²) in [7, 11) is 0. The summed E-state index contributed by atoms with van der Waals surface area (Å²) in [5.41, 5.74) is 0.527. The predicted molar refractivity (Wildman–Crippen MR) is 88.2 cm³/mol.